The van der Waals surface area contributed by atoms with Gasteiger partial charge in [0.2, 0.25) is 0 Å². The van der Waals surface area contributed by atoms with Gasteiger partial charge in [-0.15, -0.1) is 0 Å². The van der Waals surface area contributed by atoms with Crippen LogP contribution in [0.2, 0.25) is 0 Å². The SMILES string of the molecule is Cc1ccc(OC2CCC(C)CC2)c(C#CCO)c1. The number of aliphatic hydroxyl groups excluding tert-OH is 1. The molecule has 2 heteroatoms. The highest BCUT2D eigenvalue weighted by Crippen LogP contribution is 2.29. The number of aliphatic hydroxyl groups is 1. The van der Waals surface area contributed by atoms with Gasteiger partial charge in [0.05, 0.1) is 11.7 Å². The maximum Gasteiger partial charge on any atom is 0.135 e. The van der Waals surface area contributed by atoms with Crippen LogP contribution in [0.25, 0.3) is 0 Å². The molecule has 0 spiro atoms. The van der Waals surface area contributed by atoms with E-state index in [1.165, 1.54) is 12.8 Å². The van der Waals surface area contributed by atoms with Crippen LogP contribution in [-0.4, -0.2) is 17.8 Å². The number of benzene rings is 1. The van der Waals surface area contributed by atoms with Crippen LogP contribution in [0, 0.1) is 24.7 Å². The fourth-order valence-electron chi connectivity index (χ4n) is 2.51. The molecule has 1 aliphatic carbocycles. The van der Waals surface area contributed by atoms with E-state index in [4.69, 9.17) is 9.84 Å². The fraction of sp³-hybridized carbons (Fsp3) is 0.529. The molecule has 19 heavy (non-hydrogen) atoms. The second kappa shape index (κ2) is 6.63. The van der Waals surface area contributed by atoms with E-state index in [-0.39, 0.29) is 6.61 Å². The van der Waals surface area contributed by atoms with Gasteiger partial charge in [0, 0.05) is 0 Å². The standard InChI is InChI=1S/C17H22O2/c1-13-5-8-16(9-6-13)19-17-10-7-14(2)12-15(17)4-3-11-18/h7,10,12-13,16,18H,5-6,8-9,11H2,1-2H3. The Labute approximate surface area is 115 Å². The van der Waals surface area contributed by atoms with E-state index >= 15 is 0 Å². The summed E-state index contributed by atoms with van der Waals surface area (Å²) in [5.74, 6) is 7.36. The van der Waals surface area contributed by atoms with Crippen molar-refractivity contribution in [2.24, 2.45) is 5.92 Å². The Balaban J connectivity index is 2.10. The number of rotatable bonds is 2. The van der Waals surface area contributed by atoms with Gasteiger partial charge in [0.15, 0.2) is 0 Å². The van der Waals surface area contributed by atoms with Crippen molar-refractivity contribution in [1.82, 2.24) is 0 Å². The van der Waals surface area contributed by atoms with Crippen LogP contribution >= 0.6 is 0 Å². The maximum absolute atomic E-state index is 8.82. The van der Waals surface area contributed by atoms with Gasteiger partial charge in [0.25, 0.3) is 0 Å². The second-order valence-corrected chi connectivity index (χ2v) is 5.46. The van der Waals surface area contributed by atoms with Crippen LogP contribution in [-0.2, 0) is 0 Å². The largest absolute Gasteiger partial charge is 0.489 e. The lowest BCUT2D eigenvalue weighted by molar-refractivity contribution is 0.135. The highest BCUT2D eigenvalue weighted by Gasteiger charge is 2.20. The molecular weight excluding hydrogens is 236 g/mol. The van der Waals surface area contributed by atoms with Crippen molar-refractivity contribution in [2.75, 3.05) is 6.61 Å². The van der Waals surface area contributed by atoms with Gasteiger partial charge < -0.3 is 9.84 Å². The first kappa shape index (κ1) is 14.0. The first-order valence-electron chi connectivity index (χ1n) is 7.06. The molecule has 1 aliphatic rings. The molecule has 2 nitrogen and oxygen atoms in total. The summed E-state index contributed by atoms with van der Waals surface area (Å²) in [7, 11) is 0. The zero-order valence-electron chi connectivity index (χ0n) is 11.8. The van der Waals surface area contributed by atoms with Crippen LogP contribution in [0.1, 0.15) is 43.7 Å². The molecule has 102 valence electrons. The van der Waals surface area contributed by atoms with Crippen molar-refractivity contribution in [3.8, 4) is 17.6 Å². The van der Waals surface area contributed by atoms with E-state index in [9.17, 15) is 0 Å². The van der Waals surface area contributed by atoms with Crippen LogP contribution in [0.5, 0.6) is 5.75 Å². The van der Waals surface area contributed by atoms with Crippen molar-refractivity contribution in [3.05, 3.63) is 29.3 Å². The van der Waals surface area contributed by atoms with Crippen LogP contribution < -0.4 is 4.74 Å². The Morgan fingerprint density at radius 2 is 2.00 bits per heavy atom. The zero-order valence-corrected chi connectivity index (χ0v) is 11.8. The van der Waals surface area contributed by atoms with E-state index in [1.807, 2.05) is 25.1 Å². The molecule has 0 atom stereocenters. The van der Waals surface area contributed by atoms with E-state index in [0.717, 1.165) is 35.6 Å². The summed E-state index contributed by atoms with van der Waals surface area (Å²) in [6.45, 7) is 4.23. The number of hydrogen-bond donors (Lipinski definition) is 1. The van der Waals surface area contributed by atoms with Crippen molar-refractivity contribution in [1.29, 1.82) is 0 Å². The third-order valence-corrected chi connectivity index (χ3v) is 3.69. The average molecular weight is 258 g/mol. The third-order valence-electron chi connectivity index (χ3n) is 3.69. The molecule has 0 saturated heterocycles. The van der Waals surface area contributed by atoms with Gasteiger partial charge in [-0.1, -0.05) is 24.8 Å². The van der Waals surface area contributed by atoms with Gasteiger partial charge >= 0.3 is 0 Å². The topological polar surface area (TPSA) is 29.5 Å². The van der Waals surface area contributed by atoms with E-state index in [0.29, 0.717) is 6.10 Å². The molecule has 0 heterocycles. The molecular formula is C17H22O2. The smallest absolute Gasteiger partial charge is 0.135 e. The average Bonchev–Trinajstić information content (AvgIpc) is 2.41. The molecule has 0 aromatic heterocycles. The maximum atomic E-state index is 8.82. The van der Waals surface area contributed by atoms with E-state index < -0.39 is 0 Å². The van der Waals surface area contributed by atoms with Crippen LogP contribution in [0.15, 0.2) is 18.2 Å². The molecule has 1 fully saturated rings. The van der Waals surface area contributed by atoms with E-state index in [1.54, 1.807) is 0 Å². The Kier molecular flexibility index (Phi) is 4.87. The molecule has 1 saturated carbocycles. The van der Waals surface area contributed by atoms with Gasteiger partial charge in [0.1, 0.15) is 12.4 Å². The summed E-state index contributed by atoms with van der Waals surface area (Å²) in [6.07, 6.45) is 5.06. The molecule has 0 aliphatic heterocycles. The van der Waals surface area contributed by atoms with Gasteiger partial charge in [-0.3, -0.25) is 0 Å². The van der Waals surface area contributed by atoms with E-state index in [2.05, 4.69) is 18.8 Å². The third kappa shape index (κ3) is 4.01. The van der Waals surface area contributed by atoms with Crippen molar-refractivity contribution < 1.29 is 9.84 Å². The lowest BCUT2D eigenvalue weighted by Gasteiger charge is -2.27. The lowest BCUT2D eigenvalue weighted by atomic mass is 9.89. The minimum absolute atomic E-state index is 0.117. The van der Waals surface area contributed by atoms with Gasteiger partial charge in [-0.05, 0) is 56.2 Å². The summed E-state index contributed by atoms with van der Waals surface area (Å²) in [5.41, 5.74) is 2.04. The molecule has 1 N–H and O–H groups in total. The summed E-state index contributed by atoms with van der Waals surface area (Å²) >= 11 is 0. The molecule has 0 bridgehead atoms. The highest BCUT2D eigenvalue weighted by molar-refractivity contribution is 5.48. The number of aryl methyl sites for hydroxylation is 1. The monoisotopic (exact) mass is 258 g/mol. The molecule has 1 aromatic rings. The molecule has 0 radical (unpaired) electrons. The van der Waals surface area contributed by atoms with Gasteiger partial charge in [-0.2, -0.15) is 0 Å². The van der Waals surface area contributed by atoms with Gasteiger partial charge in [-0.25, -0.2) is 0 Å². The fourth-order valence-corrected chi connectivity index (χ4v) is 2.51. The van der Waals surface area contributed by atoms with Crippen LogP contribution in [0.4, 0.5) is 0 Å². The molecule has 1 aromatic carbocycles. The Bertz CT molecular complexity index is 474. The summed E-state index contributed by atoms with van der Waals surface area (Å²) in [6, 6.07) is 6.06. The van der Waals surface area contributed by atoms with Crippen LogP contribution in [0.3, 0.4) is 0 Å². The minimum atomic E-state index is -0.117. The first-order chi connectivity index (χ1) is 9.19. The Morgan fingerprint density at radius 3 is 2.68 bits per heavy atom. The Hall–Kier alpha value is -1.46. The van der Waals surface area contributed by atoms with Crippen molar-refractivity contribution >= 4 is 0 Å². The molecule has 2 rings (SSSR count). The van der Waals surface area contributed by atoms with Crippen molar-refractivity contribution in [3.63, 3.8) is 0 Å². The Morgan fingerprint density at radius 1 is 1.26 bits per heavy atom. The normalized spacial score (nSPS) is 22.5. The predicted octanol–water partition coefficient (Wildman–Crippen LogP) is 3.30. The number of ether oxygens (including phenoxy) is 1. The molecule has 0 amide bonds. The summed E-state index contributed by atoms with van der Waals surface area (Å²) < 4.78 is 6.10. The van der Waals surface area contributed by atoms with Crippen molar-refractivity contribution in [2.45, 2.75) is 45.6 Å². The predicted molar refractivity (Wildman–Crippen MR) is 77.2 cm³/mol. The number of hydrogen-bond acceptors (Lipinski definition) is 2. The summed E-state index contributed by atoms with van der Waals surface area (Å²) in [5, 5.41) is 8.82. The first-order valence-corrected chi connectivity index (χ1v) is 7.06. The lowest BCUT2D eigenvalue weighted by Crippen LogP contribution is -2.23. The molecule has 0 unspecified atom stereocenters. The quantitative estimate of drug-likeness (QED) is 0.825. The zero-order chi connectivity index (χ0) is 13.7. The summed E-state index contributed by atoms with van der Waals surface area (Å²) in [4.78, 5) is 0. The highest BCUT2D eigenvalue weighted by atomic mass is 16.5. The second-order valence-electron chi connectivity index (χ2n) is 5.46. The minimum Gasteiger partial charge on any atom is -0.489 e.